The zero-order valence-corrected chi connectivity index (χ0v) is 30.2. The molecule has 2 aliphatic heterocycles. The molecule has 0 radical (unpaired) electrons. The molecular formula is C39H46N2O11. The minimum Gasteiger partial charge on any atom is -0.508 e. The highest BCUT2D eigenvalue weighted by Gasteiger charge is 2.54. The van der Waals surface area contributed by atoms with Crippen LogP contribution < -0.4 is 18.9 Å². The Kier molecular flexibility index (Phi) is 11.0. The number of benzene rings is 3. The van der Waals surface area contributed by atoms with Gasteiger partial charge in [0.05, 0.1) is 53.1 Å². The van der Waals surface area contributed by atoms with Crippen LogP contribution in [0.15, 0.2) is 54.6 Å². The predicted molar refractivity (Wildman–Crippen MR) is 190 cm³/mol. The van der Waals surface area contributed by atoms with E-state index >= 15 is 0 Å². The lowest BCUT2D eigenvalue weighted by Gasteiger charge is -2.52. The van der Waals surface area contributed by atoms with Gasteiger partial charge in [-0.3, -0.25) is 9.69 Å². The first-order valence-corrected chi connectivity index (χ1v) is 17.2. The fourth-order valence-electron chi connectivity index (χ4n) is 8.21. The number of aromatic amines is 1. The van der Waals surface area contributed by atoms with Crippen molar-refractivity contribution in [1.82, 2.24) is 9.88 Å². The number of rotatable bonds is 8. The minimum absolute atomic E-state index is 0.0170. The molecule has 1 aliphatic carbocycles. The fraction of sp³-hybridized carbons (Fsp3) is 0.436. The third-order valence-electron chi connectivity index (χ3n) is 10.6. The second-order valence-corrected chi connectivity index (χ2v) is 13.2. The van der Waals surface area contributed by atoms with Gasteiger partial charge in [0.1, 0.15) is 29.5 Å². The number of aromatic hydroxyl groups is 2. The van der Waals surface area contributed by atoms with Gasteiger partial charge in [-0.2, -0.15) is 0 Å². The molecule has 6 atom stereocenters. The number of H-pyrrole nitrogens is 1. The largest absolute Gasteiger partial charge is 0.508 e. The number of fused-ring (bicyclic) bond motifs is 6. The first-order valence-electron chi connectivity index (χ1n) is 17.2. The summed E-state index contributed by atoms with van der Waals surface area (Å²) in [7, 11) is 9.10. The number of ether oxygens (including phenoxy) is 7. The van der Waals surface area contributed by atoms with Gasteiger partial charge in [0.2, 0.25) is 5.75 Å². The molecule has 52 heavy (non-hydrogen) atoms. The molecule has 278 valence electrons. The third kappa shape index (κ3) is 7.02. The Bertz CT molecular complexity index is 1850. The highest BCUT2D eigenvalue weighted by molar-refractivity contribution is 5.91. The molecule has 3 heterocycles. The number of hydrogen-bond acceptors (Lipinski definition) is 12. The predicted octanol–water partition coefficient (Wildman–Crippen LogP) is 5.27. The van der Waals surface area contributed by atoms with Crippen LogP contribution in [0, 0.1) is 17.8 Å². The average molecular weight is 719 g/mol. The lowest BCUT2D eigenvalue weighted by Crippen LogP contribution is -2.58. The third-order valence-corrected chi connectivity index (χ3v) is 10.6. The summed E-state index contributed by atoms with van der Waals surface area (Å²) < 4.78 is 39.1. The summed E-state index contributed by atoms with van der Waals surface area (Å²) >= 11 is 0. The van der Waals surface area contributed by atoms with Crippen molar-refractivity contribution in [3.8, 4) is 34.5 Å². The summed E-state index contributed by atoms with van der Waals surface area (Å²) in [6, 6.07) is 15.1. The molecule has 1 saturated carbocycles. The lowest BCUT2D eigenvalue weighted by molar-refractivity contribution is -0.176. The van der Waals surface area contributed by atoms with Gasteiger partial charge in [0, 0.05) is 42.9 Å². The molecule has 4 aromatic rings. The molecule has 0 amide bonds. The fourth-order valence-corrected chi connectivity index (χ4v) is 8.21. The maximum absolute atomic E-state index is 13.5. The maximum Gasteiger partial charge on any atom is 0.338 e. The van der Waals surface area contributed by atoms with Crippen LogP contribution in [0.1, 0.15) is 40.5 Å². The van der Waals surface area contributed by atoms with Crippen LogP contribution >= 0.6 is 0 Å². The number of nitrogens with zero attached hydrogens (tertiary/aromatic N) is 1. The molecule has 0 bridgehead atoms. The van der Waals surface area contributed by atoms with Crippen LogP contribution in [0.5, 0.6) is 34.5 Å². The number of piperidine rings is 1. The SMILES string of the molecule is COC(=O)[C@H]1[C@H]2C[C@@H]3c4[nH]c5cc(OC)ccc5c4CCN3C[C@H]2C[C@@H](OC(=O)c2cc(OC)c(OC)c(OC)c2)[C@@H]1OC.Oc1ccc(O)cc1. The number of methoxy groups -OCH3 is 6. The Hall–Kier alpha value is -5.14. The number of aromatic nitrogens is 1. The Morgan fingerprint density at radius 2 is 1.50 bits per heavy atom. The Balaban J connectivity index is 0.000000514. The molecule has 3 N–H and O–H groups in total. The topological polar surface area (TPSA) is 158 Å². The summed E-state index contributed by atoms with van der Waals surface area (Å²) in [6.07, 6.45) is 0.920. The summed E-state index contributed by atoms with van der Waals surface area (Å²) in [6.45, 7) is 1.68. The molecule has 13 nitrogen and oxygen atoms in total. The Morgan fingerprint density at radius 3 is 2.08 bits per heavy atom. The molecule has 2 fully saturated rings. The molecule has 0 unspecified atom stereocenters. The van der Waals surface area contributed by atoms with E-state index in [2.05, 4.69) is 16.0 Å². The van der Waals surface area contributed by atoms with Crippen molar-refractivity contribution in [3.05, 3.63) is 71.4 Å². The van der Waals surface area contributed by atoms with Crippen molar-refractivity contribution in [1.29, 1.82) is 0 Å². The van der Waals surface area contributed by atoms with E-state index in [0.29, 0.717) is 23.7 Å². The van der Waals surface area contributed by atoms with Crippen molar-refractivity contribution in [3.63, 3.8) is 0 Å². The summed E-state index contributed by atoms with van der Waals surface area (Å²) in [5.74, 6) is 0.779. The zero-order valence-electron chi connectivity index (χ0n) is 30.2. The Labute approximate surface area is 302 Å². The van der Waals surface area contributed by atoms with Crippen molar-refractivity contribution in [2.75, 3.05) is 55.7 Å². The summed E-state index contributed by atoms with van der Waals surface area (Å²) in [4.78, 5) is 33.1. The van der Waals surface area contributed by atoms with E-state index in [-0.39, 0.29) is 40.9 Å². The highest BCUT2D eigenvalue weighted by Crippen LogP contribution is 2.51. The van der Waals surface area contributed by atoms with Gasteiger partial charge in [-0.25, -0.2) is 4.79 Å². The quantitative estimate of drug-likeness (QED) is 0.160. The van der Waals surface area contributed by atoms with Crippen molar-refractivity contribution >= 4 is 22.8 Å². The smallest absolute Gasteiger partial charge is 0.338 e. The maximum atomic E-state index is 13.5. The number of hydrogen-bond donors (Lipinski definition) is 3. The van der Waals surface area contributed by atoms with Crippen molar-refractivity contribution in [2.45, 2.75) is 37.5 Å². The van der Waals surface area contributed by atoms with Crippen LogP contribution in [0.3, 0.4) is 0 Å². The van der Waals surface area contributed by atoms with Gasteiger partial charge in [-0.05, 0) is 85.2 Å². The van der Waals surface area contributed by atoms with E-state index in [1.165, 1.54) is 69.3 Å². The first kappa shape index (κ1) is 36.6. The molecule has 1 saturated heterocycles. The molecule has 7 rings (SSSR count). The second-order valence-electron chi connectivity index (χ2n) is 13.2. The molecule has 1 aromatic heterocycles. The second kappa shape index (κ2) is 15.6. The standard InChI is InChI=1S/C33H40N2O9.C6H6O2/c1-38-19-7-8-20-21-9-10-35-16-18-13-27(44-32(36)17-11-25(39-2)30(41-4)26(12-17)40-3)31(42-5)28(33(37)43-6)22(18)15-24(35)29(21)34-23(20)14-19;7-5-1-2-6(8)4-3-5/h7-8,11-12,14,18,22,24,27-28,31,34H,9-10,13,15-16H2,1-6H3;1-4,7-8H/t18-,22+,24-,27-,28+,31+;/m1./s1. The normalized spacial score (nSPS) is 23.5. The van der Waals surface area contributed by atoms with E-state index in [0.717, 1.165) is 37.2 Å². The van der Waals surface area contributed by atoms with Gasteiger partial charge in [-0.15, -0.1) is 0 Å². The van der Waals surface area contributed by atoms with Crippen LogP contribution in [0.2, 0.25) is 0 Å². The van der Waals surface area contributed by atoms with Crippen LogP contribution in [0.4, 0.5) is 0 Å². The van der Waals surface area contributed by atoms with Gasteiger partial charge >= 0.3 is 11.9 Å². The zero-order chi connectivity index (χ0) is 37.1. The summed E-state index contributed by atoms with van der Waals surface area (Å²) in [5, 5.41) is 18.5. The van der Waals surface area contributed by atoms with E-state index < -0.39 is 24.1 Å². The van der Waals surface area contributed by atoms with Crippen molar-refractivity contribution < 1.29 is 53.0 Å². The lowest BCUT2D eigenvalue weighted by atomic mass is 9.63. The summed E-state index contributed by atoms with van der Waals surface area (Å²) in [5.41, 5.74) is 3.83. The molecule has 3 aliphatic rings. The van der Waals surface area contributed by atoms with Crippen LogP contribution in [-0.2, 0) is 25.4 Å². The van der Waals surface area contributed by atoms with Gasteiger partial charge in [0.25, 0.3) is 0 Å². The molecule has 0 spiro atoms. The average Bonchev–Trinajstić information content (AvgIpc) is 3.55. The van der Waals surface area contributed by atoms with Gasteiger partial charge in [0.15, 0.2) is 11.5 Å². The monoisotopic (exact) mass is 718 g/mol. The number of nitrogens with one attached hydrogen (secondary N) is 1. The molecule has 3 aromatic carbocycles. The van der Waals surface area contributed by atoms with E-state index in [9.17, 15) is 9.59 Å². The number of phenols is 2. The van der Waals surface area contributed by atoms with Crippen LogP contribution in [0.25, 0.3) is 10.9 Å². The highest BCUT2D eigenvalue weighted by atomic mass is 16.6. The van der Waals surface area contributed by atoms with E-state index in [1.807, 2.05) is 12.1 Å². The van der Waals surface area contributed by atoms with Crippen LogP contribution in [-0.4, -0.2) is 100.0 Å². The van der Waals surface area contributed by atoms with E-state index in [4.69, 9.17) is 43.4 Å². The number of carbonyl (C=O) groups excluding carboxylic acids is 2. The van der Waals surface area contributed by atoms with Gasteiger partial charge < -0.3 is 48.4 Å². The molecule has 13 heteroatoms. The Morgan fingerprint density at radius 1 is 0.827 bits per heavy atom. The number of carbonyl (C=O) groups is 2. The van der Waals surface area contributed by atoms with E-state index in [1.54, 1.807) is 26.4 Å². The number of esters is 2. The minimum atomic E-state index is -0.670. The van der Waals surface area contributed by atoms with Crippen molar-refractivity contribution in [2.24, 2.45) is 17.8 Å². The van der Waals surface area contributed by atoms with Gasteiger partial charge in [-0.1, -0.05) is 0 Å². The molecular weight excluding hydrogens is 672 g/mol. The number of phenolic OH excluding ortho intramolecular Hbond substituents is 2. The first-order chi connectivity index (χ1) is 25.1.